The molecular formula is C22H24N2O3S2. The molecule has 0 amide bonds. The molecule has 152 valence electrons. The Morgan fingerprint density at radius 3 is 2.72 bits per heavy atom. The molecule has 2 aliphatic heterocycles. The molecule has 2 bridgehead atoms. The Bertz CT molecular complexity index is 971. The maximum atomic E-state index is 12.5. The SMILES string of the molecule is CCOc1ccc(C(=O)CSC(=S)N2C[C@H]3C[C@@H](C2)c2cccc(=O)n2C3)cc1. The minimum absolute atomic E-state index is 0.0644. The van der Waals surface area contributed by atoms with Crippen LogP contribution in [0.15, 0.2) is 47.3 Å². The van der Waals surface area contributed by atoms with E-state index in [0.717, 1.165) is 41.8 Å². The third kappa shape index (κ3) is 4.41. The van der Waals surface area contributed by atoms with Crippen molar-refractivity contribution in [3.05, 3.63) is 64.1 Å². The van der Waals surface area contributed by atoms with Gasteiger partial charge in [-0.25, -0.2) is 0 Å². The Balaban J connectivity index is 1.36. The predicted molar refractivity (Wildman–Crippen MR) is 120 cm³/mol. The van der Waals surface area contributed by atoms with Crippen molar-refractivity contribution in [1.29, 1.82) is 0 Å². The molecule has 0 aliphatic carbocycles. The lowest BCUT2D eigenvalue weighted by molar-refractivity contribution is 0.102. The minimum atomic E-state index is 0.0644. The van der Waals surface area contributed by atoms with Crippen LogP contribution in [0.2, 0.25) is 0 Å². The molecule has 7 heteroatoms. The van der Waals surface area contributed by atoms with Gasteiger partial charge in [-0.2, -0.15) is 0 Å². The molecule has 0 saturated carbocycles. The van der Waals surface area contributed by atoms with Crippen molar-refractivity contribution in [2.45, 2.75) is 25.8 Å². The molecule has 1 saturated heterocycles. The van der Waals surface area contributed by atoms with Gasteiger partial charge < -0.3 is 14.2 Å². The summed E-state index contributed by atoms with van der Waals surface area (Å²) in [6.45, 7) is 4.94. The number of ketones is 1. The minimum Gasteiger partial charge on any atom is -0.494 e. The van der Waals surface area contributed by atoms with Gasteiger partial charge in [-0.3, -0.25) is 9.59 Å². The standard InChI is InChI=1S/C22H24N2O3S2/c1-2-27-18-8-6-16(7-9-18)20(25)14-29-22(28)23-11-15-10-17(13-23)19-4-3-5-21(26)24(19)12-15/h3-9,15,17H,2,10-14H2,1H3/t15-,17+/m1/s1. The van der Waals surface area contributed by atoms with Gasteiger partial charge in [0.25, 0.3) is 5.56 Å². The van der Waals surface area contributed by atoms with Crippen LogP contribution in [0.4, 0.5) is 0 Å². The molecule has 0 radical (unpaired) electrons. The maximum absolute atomic E-state index is 12.5. The summed E-state index contributed by atoms with van der Waals surface area (Å²) in [6, 6.07) is 12.8. The highest BCUT2D eigenvalue weighted by Crippen LogP contribution is 2.36. The van der Waals surface area contributed by atoms with E-state index in [1.54, 1.807) is 18.2 Å². The number of fused-ring (bicyclic) bond motifs is 4. The van der Waals surface area contributed by atoms with Gasteiger partial charge in [0.15, 0.2) is 5.78 Å². The molecule has 3 heterocycles. The number of likely N-dealkylation sites (tertiary alicyclic amines) is 1. The number of pyridine rings is 1. The maximum Gasteiger partial charge on any atom is 0.250 e. The van der Waals surface area contributed by atoms with Crippen LogP contribution >= 0.6 is 24.0 Å². The topological polar surface area (TPSA) is 51.5 Å². The molecule has 29 heavy (non-hydrogen) atoms. The molecule has 1 fully saturated rings. The van der Waals surface area contributed by atoms with Crippen molar-refractivity contribution in [3.63, 3.8) is 0 Å². The molecule has 2 aromatic rings. The highest BCUT2D eigenvalue weighted by Gasteiger charge is 2.35. The van der Waals surface area contributed by atoms with E-state index in [1.807, 2.05) is 29.7 Å². The van der Waals surface area contributed by atoms with Crippen LogP contribution in [0.5, 0.6) is 5.75 Å². The van der Waals surface area contributed by atoms with Gasteiger partial charge in [0.05, 0.1) is 12.4 Å². The van der Waals surface area contributed by atoms with Crippen molar-refractivity contribution in [2.75, 3.05) is 25.4 Å². The second kappa shape index (κ2) is 8.71. The zero-order valence-corrected chi connectivity index (χ0v) is 18.0. The van der Waals surface area contributed by atoms with E-state index in [2.05, 4.69) is 11.0 Å². The molecule has 0 N–H and O–H groups in total. The number of carbonyl (C=O) groups excluding carboxylic acids is 1. The predicted octanol–water partition coefficient (Wildman–Crippen LogP) is 3.57. The van der Waals surface area contributed by atoms with E-state index in [-0.39, 0.29) is 11.3 Å². The van der Waals surface area contributed by atoms with Crippen molar-refractivity contribution in [3.8, 4) is 5.75 Å². The molecule has 0 spiro atoms. The van der Waals surface area contributed by atoms with Gasteiger partial charge in [0.2, 0.25) is 0 Å². The van der Waals surface area contributed by atoms with Crippen molar-refractivity contribution >= 4 is 34.1 Å². The Labute approximate surface area is 180 Å². The van der Waals surface area contributed by atoms with Gasteiger partial charge >= 0.3 is 0 Å². The van der Waals surface area contributed by atoms with Crippen LogP contribution in [0, 0.1) is 5.92 Å². The summed E-state index contributed by atoms with van der Waals surface area (Å²) in [6.07, 6.45) is 1.10. The van der Waals surface area contributed by atoms with Crippen LogP contribution in [0.25, 0.3) is 0 Å². The number of ether oxygens (including phenoxy) is 1. The molecule has 4 rings (SSSR count). The summed E-state index contributed by atoms with van der Waals surface area (Å²) in [5.74, 6) is 1.90. The fourth-order valence-corrected chi connectivity index (χ4v) is 5.33. The normalized spacial score (nSPS) is 20.1. The number of rotatable bonds is 5. The fraction of sp³-hybridized carbons (Fsp3) is 0.409. The molecular weight excluding hydrogens is 404 g/mol. The number of thioether (sulfide) groups is 1. The zero-order valence-electron chi connectivity index (χ0n) is 16.4. The number of aromatic nitrogens is 1. The van der Waals surface area contributed by atoms with E-state index < -0.39 is 0 Å². The zero-order chi connectivity index (χ0) is 20.4. The summed E-state index contributed by atoms with van der Waals surface area (Å²) in [4.78, 5) is 26.9. The van der Waals surface area contributed by atoms with Crippen molar-refractivity contribution < 1.29 is 9.53 Å². The number of carbonyl (C=O) groups is 1. The number of nitrogens with zero attached hydrogens (tertiary/aromatic N) is 2. The molecule has 0 unspecified atom stereocenters. The average Bonchev–Trinajstić information content (AvgIpc) is 2.73. The Kier molecular flexibility index (Phi) is 6.06. The highest BCUT2D eigenvalue weighted by molar-refractivity contribution is 8.23. The van der Waals surface area contributed by atoms with Crippen LogP contribution in [-0.4, -0.2) is 45.0 Å². The van der Waals surface area contributed by atoms with E-state index in [4.69, 9.17) is 17.0 Å². The lowest BCUT2D eigenvalue weighted by Gasteiger charge is -2.43. The molecule has 1 aromatic carbocycles. The third-order valence-corrected chi connectivity index (χ3v) is 7.08. The molecule has 1 aromatic heterocycles. The first-order valence-electron chi connectivity index (χ1n) is 9.92. The fourth-order valence-electron chi connectivity index (χ4n) is 4.25. The largest absolute Gasteiger partial charge is 0.494 e. The Morgan fingerprint density at radius 2 is 1.97 bits per heavy atom. The second-order valence-corrected chi connectivity index (χ2v) is 9.15. The number of thiocarbonyl (C=S) groups is 1. The lowest BCUT2D eigenvalue weighted by atomic mass is 9.83. The first-order valence-corrected chi connectivity index (χ1v) is 11.3. The number of benzene rings is 1. The lowest BCUT2D eigenvalue weighted by Crippen LogP contribution is -2.48. The number of piperidine rings is 1. The molecule has 2 atom stereocenters. The smallest absolute Gasteiger partial charge is 0.250 e. The second-order valence-electron chi connectivity index (χ2n) is 7.54. The van der Waals surface area contributed by atoms with Gasteiger partial charge in [-0.15, -0.1) is 0 Å². The van der Waals surface area contributed by atoms with Crippen LogP contribution in [0.3, 0.4) is 0 Å². The molecule has 2 aliphatic rings. The van der Waals surface area contributed by atoms with E-state index >= 15 is 0 Å². The van der Waals surface area contributed by atoms with E-state index in [9.17, 15) is 9.59 Å². The summed E-state index contributed by atoms with van der Waals surface area (Å²) in [5, 5.41) is 0. The van der Waals surface area contributed by atoms with Gasteiger partial charge in [-0.1, -0.05) is 30.0 Å². The van der Waals surface area contributed by atoms with Crippen molar-refractivity contribution in [2.24, 2.45) is 5.92 Å². The van der Waals surface area contributed by atoms with E-state index in [1.165, 1.54) is 11.8 Å². The summed E-state index contributed by atoms with van der Waals surface area (Å²) >= 11 is 7.08. The van der Waals surface area contributed by atoms with Gasteiger partial charge in [0.1, 0.15) is 10.1 Å². The first kappa shape index (κ1) is 20.2. The number of hydrogen-bond donors (Lipinski definition) is 0. The first-order chi connectivity index (χ1) is 14.0. The quantitative estimate of drug-likeness (QED) is 0.536. The molecule has 5 nitrogen and oxygen atoms in total. The van der Waals surface area contributed by atoms with Gasteiger partial charge in [-0.05, 0) is 49.6 Å². The van der Waals surface area contributed by atoms with Crippen LogP contribution in [0.1, 0.15) is 35.3 Å². The van der Waals surface area contributed by atoms with Crippen LogP contribution in [-0.2, 0) is 6.54 Å². The van der Waals surface area contributed by atoms with Crippen molar-refractivity contribution in [1.82, 2.24) is 9.47 Å². The van der Waals surface area contributed by atoms with Gasteiger partial charge in [0, 0.05) is 42.9 Å². The number of hydrogen-bond acceptors (Lipinski definition) is 5. The van der Waals surface area contributed by atoms with Crippen LogP contribution < -0.4 is 10.3 Å². The summed E-state index contributed by atoms with van der Waals surface area (Å²) in [7, 11) is 0. The van der Waals surface area contributed by atoms with E-state index in [0.29, 0.717) is 29.8 Å². The highest BCUT2D eigenvalue weighted by atomic mass is 32.2. The Hall–Kier alpha value is -2.12. The Morgan fingerprint density at radius 1 is 1.17 bits per heavy atom. The number of Topliss-reactive ketones (excluding diaryl/α,β-unsaturated/α-hetero) is 1. The summed E-state index contributed by atoms with van der Waals surface area (Å²) in [5.41, 5.74) is 1.87. The summed E-state index contributed by atoms with van der Waals surface area (Å²) < 4.78 is 8.11. The average molecular weight is 429 g/mol. The third-order valence-electron chi connectivity index (χ3n) is 5.55. The monoisotopic (exact) mass is 428 g/mol.